The number of hydrogen-bond acceptors (Lipinski definition) is 4. The van der Waals surface area contributed by atoms with E-state index in [-0.39, 0.29) is 12.2 Å². The zero-order valence-electron chi connectivity index (χ0n) is 14.3. The van der Waals surface area contributed by atoms with Crippen LogP contribution in [0.1, 0.15) is 22.8 Å². The molecular formula is C20H19ClN2O3. The summed E-state index contributed by atoms with van der Waals surface area (Å²) in [6.45, 7) is 2.45. The van der Waals surface area contributed by atoms with Crippen molar-refractivity contribution in [3.05, 3.63) is 75.0 Å². The van der Waals surface area contributed by atoms with E-state index < -0.39 is 11.5 Å². The van der Waals surface area contributed by atoms with Crippen molar-refractivity contribution < 1.29 is 9.53 Å². The Labute approximate surface area is 156 Å². The van der Waals surface area contributed by atoms with Gasteiger partial charge in [0.1, 0.15) is 5.56 Å². The van der Waals surface area contributed by atoms with Gasteiger partial charge in [-0.15, -0.1) is 0 Å². The van der Waals surface area contributed by atoms with Gasteiger partial charge < -0.3 is 15.0 Å². The SMILES string of the molecule is CCOC(=O)c1c(NCCc2ccccc2)c2cc(Cl)ccc2[nH]c1=O. The molecule has 26 heavy (non-hydrogen) atoms. The summed E-state index contributed by atoms with van der Waals surface area (Å²) >= 11 is 6.12. The Morgan fingerprint density at radius 2 is 1.96 bits per heavy atom. The predicted molar refractivity (Wildman–Crippen MR) is 104 cm³/mol. The van der Waals surface area contributed by atoms with Crippen LogP contribution in [0.4, 0.5) is 5.69 Å². The highest BCUT2D eigenvalue weighted by Gasteiger charge is 2.20. The summed E-state index contributed by atoms with van der Waals surface area (Å²) in [6.07, 6.45) is 0.748. The Balaban J connectivity index is 2.01. The lowest BCUT2D eigenvalue weighted by Crippen LogP contribution is -2.23. The van der Waals surface area contributed by atoms with Gasteiger partial charge in [-0.25, -0.2) is 4.79 Å². The molecule has 0 aliphatic heterocycles. The van der Waals surface area contributed by atoms with Gasteiger partial charge in [0, 0.05) is 17.0 Å². The minimum atomic E-state index is -0.655. The molecule has 0 saturated heterocycles. The van der Waals surface area contributed by atoms with E-state index in [1.807, 2.05) is 30.3 Å². The average molecular weight is 371 g/mol. The Bertz CT molecular complexity index is 984. The van der Waals surface area contributed by atoms with Gasteiger partial charge in [-0.05, 0) is 37.1 Å². The highest BCUT2D eigenvalue weighted by molar-refractivity contribution is 6.31. The van der Waals surface area contributed by atoms with Gasteiger partial charge in [0.25, 0.3) is 5.56 Å². The molecule has 3 rings (SSSR count). The van der Waals surface area contributed by atoms with E-state index in [4.69, 9.17) is 16.3 Å². The van der Waals surface area contributed by atoms with Crippen molar-refractivity contribution in [2.45, 2.75) is 13.3 Å². The molecule has 1 aromatic heterocycles. The Morgan fingerprint density at radius 3 is 2.69 bits per heavy atom. The first kappa shape index (κ1) is 18.0. The number of pyridine rings is 1. The smallest absolute Gasteiger partial charge is 0.345 e. The quantitative estimate of drug-likeness (QED) is 0.643. The molecule has 1 heterocycles. The molecule has 0 saturated carbocycles. The van der Waals surface area contributed by atoms with E-state index in [1.165, 1.54) is 0 Å². The Kier molecular flexibility index (Phi) is 5.58. The number of H-pyrrole nitrogens is 1. The molecule has 5 nitrogen and oxygen atoms in total. The van der Waals surface area contributed by atoms with Crippen molar-refractivity contribution in [2.75, 3.05) is 18.5 Å². The minimum Gasteiger partial charge on any atom is -0.462 e. The van der Waals surface area contributed by atoms with Crippen molar-refractivity contribution in [3.63, 3.8) is 0 Å². The number of fused-ring (bicyclic) bond motifs is 1. The van der Waals surface area contributed by atoms with Gasteiger partial charge in [-0.2, -0.15) is 0 Å². The minimum absolute atomic E-state index is 0.0327. The fraction of sp³-hybridized carbons (Fsp3) is 0.200. The highest BCUT2D eigenvalue weighted by atomic mass is 35.5. The first-order chi connectivity index (χ1) is 12.6. The van der Waals surface area contributed by atoms with E-state index in [9.17, 15) is 9.59 Å². The summed E-state index contributed by atoms with van der Waals surface area (Å²) in [5, 5.41) is 4.43. The number of aromatic amines is 1. The highest BCUT2D eigenvalue weighted by Crippen LogP contribution is 2.27. The fourth-order valence-corrected chi connectivity index (χ4v) is 3.00. The number of anilines is 1. The molecule has 2 N–H and O–H groups in total. The van der Waals surface area contributed by atoms with Crippen LogP contribution in [0.5, 0.6) is 0 Å². The van der Waals surface area contributed by atoms with Crippen molar-refractivity contribution in [1.29, 1.82) is 0 Å². The molecule has 6 heteroatoms. The normalized spacial score (nSPS) is 10.7. The molecule has 0 aliphatic rings. The molecule has 0 aliphatic carbocycles. The van der Waals surface area contributed by atoms with Gasteiger partial charge in [0.2, 0.25) is 0 Å². The molecule has 2 aromatic carbocycles. The summed E-state index contributed by atoms with van der Waals surface area (Å²) in [6, 6.07) is 15.1. The number of benzene rings is 2. The Morgan fingerprint density at radius 1 is 1.19 bits per heavy atom. The number of aromatic nitrogens is 1. The number of hydrogen-bond donors (Lipinski definition) is 2. The van der Waals surface area contributed by atoms with E-state index in [1.54, 1.807) is 25.1 Å². The van der Waals surface area contributed by atoms with Gasteiger partial charge in [-0.3, -0.25) is 4.79 Å². The average Bonchev–Trinajstić information content (AvgIpc) is 2.63. The number of esters is 1. The monoisotopic (exact) mass is 370 g/mol. The number of rotatable bonds is 6. The molecule has 0 radical (unpaired) electrons. The van der Waals surface area contributed by atoms with Crippen LogP contribution in [0.15, 0.2) is 53.3 Å². The van der Waals surface area contributed by atoms with E-state index in [2.05, 4.69) is 10.3 Å². The first-order valence-corrected chi connectivity index (χ1v) is 8.78. The van der Waals surface area contributed by atoms with E-state index >= 15 is 0 Å². The van der Waals surface area contributed by atoms with E-state index in [0.29, 0.717) is 28.2 Å². The summed E-state index contributed by atoms with van der Waals surface area (Å²) in [5.74, 6) is -0.655. The third kappa shape index (κ3) is 3.89. The number of carbonyl (C=O) groups excluding carboxylic acids is 1. The molecule has 0 atom stereocenters. The van der Waals surface area contributed by atoms with Gasteiger partial charge >= 0.3 is 5.97 Å². The molecule has 0 spiro atoms. The van der Waals surface area contributed by atoms with Crippen LogP contribution < -0.4 is 10.9 Å². The van der Waals surface area contributed by atoms with Crippen LogP contribution >= 0.6 is 11.6 Å². The molecule has 0 unspecified atom stereocenters. The summed E-state index contributed by atoms with van der Waals surface area (Å²) in [5.41, 5.74) is 1.69. The number of ether oxygens (including phenoxy) is 1. The van der Waals surface area contributed by atoms with Crippen LogP contribution in [-0.2, 0) is 11.2 Å². The maximum Gasteiger partial charge on any atom is 0.345 e. The zero-order valence-corrected chi connectivity index (χ0v) is 15.1. The van der Waals surface area contributed by atoms with E-state index in [0.717, 1.165) is 12.0 Å². The predicted octanol–water partition coefficient (Wildman–Crippen LogP) is 4.01. The maximum absolute atomic E-state index is 12.5. The van der Waals surface area contributed by atoms with Crippen LogP contribution in [0.2, 0.25) is 5.02 Å². The molecule has 0 amide bonds. The first-order valence-electron chi connectivity index (χ1n) is 8.40. The molecule has 0 fully saturated rings. The van der Waals surface area contributed by atoms with Crippen molar-refractivity contribution in [1.82, 2.24) is 4.98 Å². The van der Waals surface area contributed by atoms with Gasteiger partial charge in [0.05, 0.1) is 17.8 Å². The fourth-order valence-electron chi connectivity index (χ4n) is 2.82. The second-order valence-corrected chi connectivity index (χ2v) is 6.21. The molecular weight excluding hydrogens is 352 g/mol. The Hall–Kier alpha value is -2.79. The summed E-state index contributed by atoms with van der Waals surface area (Å²) in [4.78, 5) is 27.5. The molecule has 0 bridgehead atoms. The lowest BCUT2D eigenvalue weighted by atomic mass is 10.1. The third-order valence-electron chi connectivity index (χ3n) is 4.01. The standard InChI is InChI=1S/C20H19ClN2O3/c1-2-26-20(25)17-18(22-11-10-13-6-4-3-5-7-13)15-12-14(21)8-9-16(15)23-19(17)24/h3-9,12H,2,10-11H2,1H3,(H2,22,23,24). The van der Waals surface area contributed by atoms with Crippen LogP contribution in [-0.4, -0.2) is 24.1 Å². The van der Waals surface area contributed by atoms with Crippen LogP contribution in [0, 0.1) is 0 Å². The zero-order chi connectivity index (χ0) is 18.5. The second kappa shape index (κ2) is 8.06. The number of nitrogens with one attached hydrogen (secondary N) is 2. The molecule has 3 aromatic rings. The summed E-state index contributed by atoms with van der Waals surface area (Å²) in [7, 11) is 0. The number of halogens is 1. The number of carbonyl (C=O) groups is 1. The topological polar surface area (TPSA) is 71.2 Å². The lowest BCUT2D eigenvalue weighted by molar-refractivity contribution is 0.0525. The summed E-state index contributed by atoms with van der Waals surface area (Å²) < 4.78 is 5.06. The largest absolute Gasteiger partial charge is 0.462 e. The van der Waals surface area contributed by atoms with Crippen LogP contribution in [0.3, 0.4) is 0 Å². The molecule has 134 valence electrons. The van der Waals surface area contributed by atoms with Crippen molar-refractivity contribution >= 4 is 34.2 Å². The van der Waals surface area contributed by atoms with Gasteiger partial charge in [0.15, 0.2) is 0 Å². The third-order valence-corrected chi connectivity index (χ3v) is 4.25. The van der Waals surface area contributed by atoms with Crippen molar-refractivity contribution in [2.24, 2.45) is 0 Å². The lowest BCUT2D eigenvalue weighted by Gasteiger charge is -2.14. The second-order valence-electron chi connectivity index (χ2n) is 5.78. The maximum atomic E-state index is 12.5. The van der Waals surface area contributed by atoms with Crippen molar-refractivity contribution in [3.8, 4) is 0 Å². The van der Waals surface area contributed by atoms with Crippen LogP contribution in [0.25, 0.3) is 10.9 Å². The van der Waals surface area contributed by atoms with Gasteiger partial charge in [-0.1, -0.05) is 41.9 Å².